The van der Waals surface area contributed by atoms with Crippen LogP contribution >= 0.6 is 11.6 Å². The van der Waals surface area contributed by atoms with Gasteiger partial charge in [0.05, 0.1) is 0 Å². The van der Waals surface area contributed by atoms with E-state index in [1.54, 1.807) is 0 Å². The normalized spacial score (nSPS) is 10.7. The van der Waals surface area contributed by atoms with Crippen LogP contribution in [0, 0.1) is 0 Å². The average molecular weight is 269 g/mol. The fourth-order valence-corrected chi connectivity index (χ4v) is 1.89. The van der Waals surface area contributed by atoms with Crippen LogP contribution in [-0.4, -0.2) is 37.0 Å². The van der Waals surface area contributed by atoms with Crippen LogP contribution in [0.4, 0.5) is 0 Å². The molecule has 18 heavy (non-hydrogen) atoms. The second-order valence-electron chi connectivity index (χ2n) is 4.11. The van der Waals surface area contributed by atoms with E-state index in [4.69, 9.17) is 11.6 Å². The zero-order valence-electron chi connectivity index (χ0n) is 11.1. The van der Waals surface area contributed by atoms with Crippen molar-refractivity contribution < 1.29 is 4.79 Å². The number of halogens is 1. The van der Waals surface area contributed by atoms with Crippen molar-refractivity contribution in [3.05, 3.63) is 35.4 Å². The van der Waals surface area contributed by atoms with Gasteiger partial charge in [0.15, 0.2) is 0 Å². The number of amides is 1. The Bertz CT molecular complexity index is 361. The SMILES string of the molecule is CCN(CC)CCNC(=O)c1ccc(CCl)cc1. The summed E-state index contributed by atoms with van der Waals surface area (Å²) >= 11 is 5.70. The molecule has 1 aromatic carbocycles. The van der Waals surface area contributed by atoms with E-state index < -0.39 is 0 Å². The summed E-state index contributed by atoms with van der Waals surface area (Å²) in [5.74, 6) is 0.451. The molecule has 0 fully saturated rings. The third kappa shape index (κ3) is 4.67. The van der Waals surface area contributed by atoms with Gasteiger partial charge in [-0.15, -0.1) is 11.6 Å². The maximum absolute atomic E-state index is 11.8. The second kappa shape index (κ2) is 8.11. The molecule has 0 saturated heterocycles. The van der Waals surface area contributed by atoms with E-state index in [0.29, 0.717) is 18.0 Å². The van der Waals surface area contributed by atoms with Gasteiger partial charge < -0.3 is 10.2 Å². The van der Waals surface area contributed by atoms with Crippen molar-refractivity contribution in [3.8, 4) is 0 Å². The summed E-state index contributed by atoms with van der Waals surface area (Å²) in [4.78, 5) is 14.1. The highest BCUT2D eigenvalue weighted by atomic mass is 35.5. The van der Waals surface area contributed by atoms with Crippen molar-refractivity contribution >= 4 is 17.5 Å². The first kappa shape index (κ1) is 15.0. The van der Waals surface area contributed by atoms with Gasteiger partial charge in [-0.2, -0.15) is 0 Å². The van der Waals surface area contributed by atoms with Crippen LogP contribution in [0.1, 0.15) is 29.8 Å². The highest BCUT2D eigenvalue weighted by Crippen LogP contribution is 2.06. The Morgan fingerprint density at radius 1 is 1.22 bits per heavy atom. The van der Waals surface area contributed by atoms with E-state index in [9.17, 15) is 4.79 Å². The van der Waals surface area contributed by atoms with Crippen molar-refractivity contribution in [2.75, 3.05) is 26.2 Å². The van der Waals surface area contributed by atoms with Crippen molar-refractivity contribution in [1.82, 2.24) is 10.2 Å². The number of nitrogens with one attached hydrogen (secondary N) is 1. The number of carbonyl (C=O) groups excluding carboxylic acids is 1. The van der Waals surface area contributed by atoms with Crippen LogP contribution < -0.4 is 5.32 Å². The zero-order chi connectivity index (χ0) is 13.4. The topological polar surface area (TPSA) is 32.3 Å². The summed E-state index contributed by atoms with van der Waals surface area (Å²) in [6, 6.07) is 7.38. The Morgan fingerprint density at radius 3 is 2.33 bits per heavy atom. The van der Waals surface area contributed by atoms with Gasteiger partial charge in [-0.05, 0) is 30.8 Å². The predicted octanol–water partition coefficient (Wildman–Crippen LogP) is 2.50. The first-order valence-corrected chi connectivity index (χ1v) is 6.90. The van der Waals surface area contributed by atoms with E-state index in [1.165, 1.54) is 0 Å². The van der Waals surface area contributed by atoms with Crippen molar-refractivity contribution in [2.24, 2.45) is 0 Å². The molecule has 1 rings (SSSR count). The highest BCUT2D eigenvalue weighted by molar-refractivity contribution is 6.17. The average Bonchev–Trinajstić information content (AvgIpc) is 2.43. The van der Waals surface area contributed by atoms with Crippen LogP contribution in [0.25, 0.3) is 0 Å². The summed E-state index contributed by atoms with van der Waals surface area (Å²) < 4.78 is 0. The van der Waals surface area contributed by atoms with Crippen LogP contribution in [-0.2, 0) is 5.88 Å². The Hall–Kier alpha value is -1.06. The minimum Gasteiger partial charge on any atom is -0.351 e. The molecule has 0 bridgehead atoms. The summed E-state index contributed by atoms with van der Waals surface area (Å²) in [7, 11) is 0. The van der Waals surface area contributed by atoms with Gasteiger partial charge in [-0.25, -0.2) is 0 Å². The lowest BCUT2D eigenvalue weighted by atomic mass is 10.1. The number of alkyl halides is 1. The number of rotatable bonds is 7. The van der Waals surface area contributed by atoms with Gasteiger partial charge in [0.25, 0.3) is 5.91 Å². The molecule has 0 spiro atoms. The number of nitrogens with zero attached hydrogens (tertiary/aromatic N) is 1. The van der Waals surface area contributed by atoms with Crippen LogP contribution in [0.5, 0.6) is 0 Å². The predicted molar refractivity (Wildman–Crippen MR) is 76.1 cm³/mol. The lowest BCUT2D eigenvalue weighted by molar-refractivity contribution is 0.0949. The van der Waals surface area contributed by atoms with Gasteiger partial charge in [0.1, 0.15) is 0 Å². The van der Waals surface area contributed by atoms with Gasteiger partial charge >= 0.3 is 0 Å². The summed E-state index contributed by atoms with van der Waals surface area (Å²) in [6.07, 6.45) is 0. The third-order valence-electron chi connectivity index (χ3n) is 2.98. The molecule has 1 N–H and O–H groups in total. The number of hydrogen-bond donors (Lipinski definition) is 1. The fraction of sp³-hybridized carbons (Fsp3) is 0.500. The smallest absolute Gasteiger partial charge is 0.251 e. The van der Waals surface area contributed by atoms with E-state index in [-0.39, 0.29) is 5.91 Å². The Kier molecular flexibility index (Phi) is 6.76. The van der Waals surface area contributed by atoms with Crippen molar-refractivity contribution in [2.45, 2.75) is 19.7 Å². The van der Waals surface area contributed by atoms with Crippen LogP contribution in [0.15, 0.2) is 24.3 Å². The number of carbonyl (C=O) groups is 1. The van der Waals surface area contributed by atoms with Gasteiger partial charge in [-0.1, -0.05) is 26.0 Å². The molecular weight excluding hydrogens is 248 g/mol. The lowest BCUT2D eigenvalue weighted by Crippen LogP contribution is -2.34. The molecule has 1 amide bonds. The summed E-state index contributed by atoms with van der Waals surface area (Å²) in [5, 5.41) is 2.92. The zero-order valence-corrected chi connectivity index (χ0v) is 11.8. The maximum atomic E-state index is 11.8. The molecule has 3 nitrogen and oxygen atoms in total. The first-order valence-electron chi connectivity index (χ1n) is 6.36. The van der Waals surface area contributed by atoms with Crippen LogP contribution in [0.2, 0.25) is 0 Å². The lowest BCUT2D eigenvalue weighted by Gasteiger charge is -2.17. The van der Waals surface area contributed by atoms with E-state index in [0.717, 1.165) is 25.2 Å². The number of benzene rings is 1. The fourth-order valence-electron chi connectivity index (χ4n) is 1.71. The molecule has 0 radical (unpaired) electrons. The molecule has 100 valence electrons. The second-order valence-corrected chi connectivity index (χ2v) is 4.38. The van der Waals surface area contributed by atoms with E-state index >= 15 is 0 Å². The Morgan fingerprint density at radius 2 is 1.83 bits per heavy atom. The maximum Gasteiger partial charge on any atom is 0.251 e. The number of likely N-dealkylation sites (N-methyl/N-ethyl adjacent to an activating group) is 1. The standard InChI is InChI=1S/C14H21ClN2O/c1-3-17(4-2)10-9-16-14(18)13-7-5-12(11-15)6-8-13/h5-8H,3-4,9-11H2,1-2H3,(H,16,18). The molecule has 0 heterocycles. The first-order chi connectivity index (χ1) is 8.71. The molecule has 1 aromatic rings. The monoisotopic (exact) mass is 268 g/mol. The van der Waals surface area contributed by atoms with Gasteiger partial charge in [0.2, 0.25) is 0 Å². The molecule has 0 aromatic heterocycles. The Balaban J connectivity index is 2.40. The van der Waals surface area contributed by atoms with Gasteiger partial charge in [-0.3, -0.25) is 4.79 Å². The highest BCUT2D eigenvalue weighted by Gasteiger charge is 2.05. The molecule has 0 unspecified atom stereocenters. The molecule has 0 aliphatic rings. The quantitative estimate of drug-likeness (QED) is 0.771. The molecular formula is C14H21ClN2O. The van der Waals surface area contributed by atoms with E-state index in [1.807, 2.05) is 24.3 Å². The van der Waals surface area contributed by atoms with Gasteiger partial charge in [0, 0.05) is 24.5 Å². The summed E-state index contributed by atoms with van der Waals surface area (Å²) in [5.41, 5.74) is 1.71. The minimum atomic E-state index is -0.0247. The Labute approximate surface area is 114 Å². The molecule has 0 saturated carbocycles. The molecule has 0 aliphatic heterocycles. The third-order valence-corrected chi connectivity index (χ3v) is 3.29. The molecule has 0 aliphatic carbocycles. The van der Waals surface area contributed by atoms with Crippen molar-refractivity contribution in [1.29, 1.82) is 0 Å². The number of hydrogen-bond acceptors (Lipinski definition) is 2. The van der Waals surface area contributed by atoms with Crippen molar-refractivity contribution in [3.63, 3.8) is 0 Å². The molecule has 0 atom stereocenters. The van der Waals surface area contributed by atoms with E-state index in [2.05, 4.69) is 24.1 Å². The molecule has 4 heteroatoms. The van der Waals surface area contributed by atoms with Crippen LogP contribution in [0.3, 0.4) is 0 Å². The minimum absolute atomic E-state index is 0.0247. The largest absolute Gasteiger partial charge is 0.351 e. The summed E-state index contributed by atoms with van der Waals surface area (Å²) in [6.45, 7) is 7.83.